The van der Waals surface area contributed by atoms with E-state index in [0.717, 1.165) is 29.9 Å². The lowest BCUT2D eigenvalue weighted by Crippen LogP contribution is -2.34. The molecule has 8 heteroatoms. The third-order valence-electron chi connectivity index (χ3n) is 5.06. The Bertz CT molecular complexity index is 1010. The lowest BCUT2D eigenvalue weighted by Gasteiger charge is -2.21. The molecule has 0 bridgehead atoms. The lowest BCUT2D eigenvalue weighted by atomic mass is 10.0. The molecule has 0 atom stereocenters. The van der Waals surface area contributed by atoms with Gasteiger partial charge in [-0.3, -0.25) is 9.59 Å². The molecule has 1 fully saturated rings. The molecule has 2 aromatic carbocycles. The highest BCUT2D eigenvalue weighted by atomic mass is 35.5. The van der Waals surface area contributed by atoms with Crippen molar-refractivity contribution in [2.45, 2.75) is 19.0 Å². The van der Waals surface area contributed by atoms with Crippen molar-refractivity contribution in [3.63, 3.8) is 0 Å². The number of amides is 2. The number of hydrogen-bond donors (Lipinski definition) is 0. The van der Waals surface area contributed by atoms with Gasteiger partial charge in [-0.15, -0.1) is 0 Å². The Morgan fingerprint density at radius 2 is 1.55 bits per heavy atom. The molecular formula is C21H16ClF3N2O2. The Kier molecular flexibility index (Phi) is 4.86. The largest absolute Gasteiger partial charge is 0.417 e. The van der Waals surface area contributed by atoms with Gasteiger partial charge in [-0.1, -0.05) is 41.9 Å². The van der Waals surface area contributed by atoms with E-state index in [1.807, 2.05) is 4.90 Å². The molecule has 0 unspecified atom stereocenters. The minimum atomic E-state index is -4.70. The number of benzene rings is 2. The molecule has 0 saturated carbocycles. The first-order valence-electron chi connectivity index (χ1n) is 9.09. The second kappa shape index (κ2) is 7.22. The van der Waals surface area contributed by atoms with Gasteiger partial charge in [-0.2, -0.15) is 13.2 Å². The maximum Gasteiger partial charge on any atom is 0.417 e. The Morgan fingerprint density at radius 1 is 0.897 bits per heavy atom. The number of nitrogens with zero attached hydrogens (tertiary/aromatic N) is 2. The average molecular weight is 421 g/mol. The van der Waals surface area contributed by atoms with Crippen LogP contribution in [0.2, 0.25) is 5.02 Å². The van der Waals surface area contributed by atoms with Crippen molar-refractivity contribution < 1.29 is 22.8 Å². The van der Waals surface area contributed by atoms with E-state index in [1.165, 1.54) is 6.07 Å². The molecule has 2 amide bonds. The molecule has 2 aliphatic rings. The number of carbonyl (C=O) groups excluding carboxylic acids is 2. The van der Waals surface area contributed by atoms with Gasteiger partial charge in [0.05, 0.1) is 21.8 Å². The second-order valence-corrected chi connectivity index (χ2v) is 7.30. The number of likely N-dealkylation sites (tertiary alicyclic amines) is 1. The van der Waals surface area contributed by atoms with Gasteiger partial charge in [-0.25, -0.2) is 4.90 Å². The van der Waals surface area contributed by atoms with Gasteiger partial charge in [0.2, 0.25) is 0 Å². The van der Waals surface area contributed by atoms with Crippen molar-refractivity contribution in [3.8, 4) is 0 Å². The molecule has 4 nitrogen and oxygen atoms in total. The summed E-state index contributed by atoms with van der Waals surface area (Å²) in [6.45, 7) is 1.24. The van der Waals surface area contributed by atoms with Gasteiger partial charge in [0.25, 0.3) is 11.8 Å². The molecule has 0 spiro atoms. The topological polar surface area (TPSA) is 40.6 Å². The van der Waals surface area contributed by atoms with Crippen molar-refractivity contribution in [2.75, 3.05) is 18.0 Å². The number of carbonyl (C=O) groups is 2. The van der Waals surface area contributed by atoms with E-state index in [-0.39, 0.29) is 17.0 Å². The highest BCUT2D eigenvalue weighted by Gasteiger charge is 2.44. The summed E-state index contributed by atoms with van der Waals surface area (Å²) in [7, 11) is 0. The predicted octanol–water partition coefficient (Wildman–Crippen LogP) is 4.74. The summed E-state index contributed by atoms with van der Waals surface area (Å²) in [5, 5.41) is -0.489. The van der Waals surface area contributed by atoms with Gasteiger partial charge in [0.1, 0.15) is 5.70 Å². The van der Waals surface area contributed by atoms with E-state index >= 15 is 0 Å². The number of alkyl halides is 3. The van der Waals surface area contributed by atoms with Gasteiger partial charge < -0.3 is 4.90 Å². The first-order valence-corrected chi connectivity index (χ1v) is 9.47. The molecule has 29 heavy (non-hydrogen) atoms. The summed E-state index contributed by atoms with van der Waals surface area (Å²) >= 11 is 5.69. The molecule has 0 radical (unpaired) electrons. The van der Waals surface area contributed by atoms with Crippen LogP contribution in [-0.4, -0.2) is 29.8 Å². The maximum absolute atomic E-state index is 13.3. The third-order valence-corrected chi connectivity index (χ3v) is 5.39. The molecule has 2 aromatic rings. The Morgan fingerprint density at radius 3 is 2.17 bits per heavy atom. The van der Waals surface area contributed by atoms with Gasteiger partial charge in [-0.05, 0) is 36.6 Å². The lowest BCUT2D eigenvalue weighted by molar-refractivity contribution is -0.137. The molecule has 0 N–H and O–H groups in total. The van der Waals surface area contributed by atoms with Crippen LogP contribution in [0.25, 0.3) is 5.57 Å². The Labute approximate surface area is 170 Å². The Hall–Kier alpha value is -2.80. The molecule has 0 aliphatic carbocycles. The van der Waals surface area contributed by atoms with Gasteiger partial charge in [0.15, 0.2) is 0 Å². The summed E-state index contributed by atoms with van der Waals surface area (Å²) in [6, 6.07) is 11.7. The SMILES string of the molecule is O=C1C(c2ccccc2)=C(N2CCCC2)C(=O)N1c1ccc(Cl)c(C(F)(F)F)c1. The van der Waals surface area contributed by atoms with Crippen molar-refractivity contribution in [1.82, 2.24) is 4.90 Å². The van der Waals surface area contributed by atoms with Crippen LogP contribution in [0.5, 0.6) is 0 Å². The second-order valence-electron chi connectivity index (χ2n) is 6.89. The van der Waals surface area contributed by atoms with E-state index in [0.29, 0.717) is 18.7 Å². The maximum atomic E-state index is 13.3. The van der Waals surface area contributed by atoms with E-state index < -0.39 is 28.6 Å². The highest BCUT2D eigenvalue weighted by molar-refractivity contribution is 6.45. The number of anilines is 1. The summed E-state index contributed by atoms with van der Waals surface area (Å²) in [4.78, 5) is 29.1. The van der Waals surface area contributed by atoms with Crippen molar-refractivity contribution in [2.24, 2.45) is 0 Å². The van der Waals surface area contributed by atoms with Crippen LogP contribution < -0.4 is 4.90 Å². The fourth-order valence-electron chi connectivity index (χ4n) is 3.72. The van der Waals surface area contributed by atoms with Crippen LogP contribution in [0.4, 0.5) is 18.9 Å². The van der Waals surface area contributed by atoms with E-state index in [9.17, 15) is 22.8 Å². The molecule has 2 aliphatic heterocycles. The van der Waals surface area contributed by atoms with E-state index in [1.54, 1.807) is 30.3 Å². The summed E-state index contributed by atoms with van der Waals surface area (Å²) in [6.07, 6.45) is -2.94. The fourth-order valence-corrected chi connectivity index (χ4v) is 3.95. The molecule has 0 aromatic heterocycles. The number of hydrogen-bond acceptors (Lipinski definition) is 3. The number of halogens is 4. The fraction of sp³-hybridized carbons (Fsp3) is 0.238. The van der Waals surface area contributed by atoms with Crippen LogP contribution >= 0.6 is 11.6 Å². The van der Waals surface area contributed by atoms with E-state index in [4.69, 9.17) is 11.6 Å². The van der Waals surface area contributed by atoms with Gasteiger partial charge >= 0.3 is 6.18 Å². The zero-order chi connectivity index (χ0) is 20.8. The third kappa shape index (κ3) is 3.40. The van der Waals surface area contributed by atoms with Crippen LogP contribution in [0.1, 0.15) is 24.0 Å². The first kappa shape index (κ1) is 19.5. The van der Waals surface area contributed by atoms with Crippen LogP contribution in [-0.2, 0) is 15.8 Å². The highest BCUT2D eigenvalue weighted by Crippen LogP contribution is 2.40. The average Bonchev–Trinajstić information content (AvgIpc) is 3.28. The zero-order valence-electron chi connectivity index (χ0n) is 15.2. The minimum Gasteiger partial charge on any atom is -0.366 e. The van der Waals surface area contributed by atoms with E-state index in [2.05, 4.69) is 0 Å². The minimum absolute atomic E-state index is 0.153. The summed E-state index contributed by atoms with van der Waals surface area (Å²) in [5.74, 6) is -1.26. The standard InChI is InChI=1S/C21H16ClF3N2O2/c22-16-9-8-14(12-15(16)21(23,24)25)27-19(28)17(13-6-2-1-3-7-13)18(20(27)29)26-10-4-5-11-26/h1-3,6-9,12H,4-5,10-11H2. The number of imide groups is 1. The summed E-state index contributed by atoms with van der Waals surface area (Å²) < 4.78 is 39.8. The molecule has 2 heterocycles. The van der Waals surface area contributed by atoms with Gasteiger partial charge in [0, 0.05) is 13.1 Å². The summed E-state index contributed by atoms with van der Waals surface area (Å²) in [5.41, 5.74) is -0.240. The smallest absolute Gasteiger partial charge is 0.366 e. The quantitative estimate of drug-likeness (QED) is 0.673. The predicted molar refractivity (Wildman–Crippen MR) is 103 cm³/mol. The van der Waals surface area contributed by atoms with Crippen molar-refractivity contribution in [3.05, 3.63) is 70.4 Å². The normalized spacial score (nSPS) is 17.7. The molecule has 150 valence electrons. The monoisotopic (exact) mass is 420 g/mol. The van der Waals surface area contributed by atoms with Crippen molar-refractivity contribution in [1.29, 1.82) is 0 Å². The molecular weight excluding hydrogens is 405 g/mol. The first-order chi connectivity index (χ1) is 13.8. The Balaban J connectivity index is 1.83. The van der Waals surface area contributed by atoms with Crippen LogP contribution in [0.3, 0.4) is 0 Å². The zero-order valence-corrected chi connectivity index (χ0v) is 15.9. The number of rotatable bonds is 3. The van der Waals surface area contributed by atoms with Crippen LogP contribution in [0, 0.1) is 0 Å². The van der Waals surface area contributed by atoms with Crippen LogP contribution in [0.15, 0.2) is 54.2 Å². The van der Waals surface area contributed by atoms with Crippen molar-refractivity contribution >= 4 is 34.7 Å². The molecule has 4 rings (SSSR count). The molecule has 1 saturated heterocycles.